The number of nitrogens with zero attached hydrogens (tertiary/aromatic N) is 3. The number of hydrogen-bond acceptors (Lipinski definition) is 6. The lowest BCUT2D eigenvalue weighted by molar-refractivity contribution is -0.141. The Bertz CT molecular complexity index is 899. The highest BCUT2D eigenvalue weighted by atomic mass is 35.5. The number of fused-ring (bicyclic) bond motifs is 1. The summed E-state index contributed by atoms with van der Waals surface area (Å²) in [7, 11) is 0. The van der Waals surface area contributed by atoms with Crippen LogP contribution in [0.4, 0.5) is 19.0 Å². The normalized spacial score (nSPS) is 13.4. The van der Waals surface area contributed by atoms with Gasteiger partial charge < -0.3 is 10.2 Å². The van der Waals surface area contributed by atoms with Gasteiger partial charge in [0.15, 0.2) is 21.6 Å². The van der Waals surface area contributed by atoms with E-state index in [0.29, 0.717) is 17.3 Å². The lowest BCUT2D eigenvalue weighted by Crippen LogP contribution is -2.11. The molecule has 2 N–H and O–H groups in total. The zero-order valence-electron chi connectivity index (χ0n) is 12.1. The quantitative estimate of drug-likeness (QED) is 0.406. The van der Waals surface area contributed by atoms with Gasteiger partial charge in [-0.3, -0.25) is 0 Å². The van der Waals surface area contributed by atoms with Crippen molar-refractivity contribution in [2.75, 3.05) is 5.73 Å². The number of halogens is 4. The number of pyridine rings is 1. The van der Waals surface area contributed by atoms with Gasteiger partial charge in [-0.2, -0.15) is 13.2 Å². The minimum atomic E-state index is -4.59. The van der Waals surface area contributed by atoms with Gasteiger partial charge in [-0.1, -0.05) is 23.4 Å². The van der Waals surface area contributed by atoms with Gasteiger partial charge in [0.25, 0.3) is 0 Å². The molecular formula is C14H10ClF3N4OS. The zero-order chi connectivity index (χ0) is 17.5. The molecule has 0 saturated carbocycles. The Labute approximate surface area is 143 Å². The van der Waals surface area contributed by atoms with Gasteiger partial charge in [0.1, 0.15) is 5.82 Å². The summed E-state index contributed by atoms with van der Waals surface area (Å²) in [6.45, 7) is 1.76. The van der Waals surface area contributed by atoms with Crippen LogP contribution in [-0.4, -0.2) is 15.0 Å². The highest BCUT2D eigenvalue weighted by molar-refractivity contribution is 7.99. The Balaban J connectivity index is 1.91. The molecule has 0 aromatic carbocycles. The highest BCUT2D eigenvalue weighted by Gasteiger charge is 2.33. The van der Waals surface area contributed by atoms with Crippen LogP contribution in [0.5, 0.6) is 0 Å². The van der Waals surface area contributed by atoms with Crippen LogP contribution in [0.15, 0.2) is 34.0 Å². The Morgan fingerprint density at radius 1 is 1.25 bits per heavy atom. The molecule has 10 heteroatoms. The van der Waals surface area contributed by atoms with E-state index in [1.165, 1.54) is 6.26 Å². The van der Waals surface area contributed by atoms with Crippen molar-refractivity contribution in [1.82, 2.24) is 15.0 Å². The predicted molar refractivity (Wildman–Crippen MR) is 84.7 cm³/mol. The molecule has 0 fully saturated rings. The van der Waals surface area contributed by atoms with Crippen LogP contribution in [0.1, 0.15) is 23.6 Å². The Hall–Kier alpha value is -2.00. The molecule has 0 aliphatic rings. The van der Waals surface area contributed by atoms with Gasteiger partial charge in [-0.15, -0.1) is 0 Å². The van der Waals surface area contributed by atoms with E-state index in [-0.39, 0.29) is 21.4 Å². The maximum atomic E-state index is 12.8. The van der Waals surface area contributed by atoms with Gasteiger partial charge in [-0.05, 0) is 19.1 Å². The number of thioether (sulfide) groups is 1. The Morgan fingerprint density at radius 2 is 2.00 bits per heavy atom. The average molecular weight is 375 g/mol. The smallest absolute Gasteiger partial charge is 0.433 e. The fraction of sp³-hybridized carbons (Fsp3) is 0.214. The van der Waals surface area contributed by atoms with Gasteiger partial charge >= 0.3 is 6.18 Å². The van der Waals surface area contributed by atoms with Gasteiger partial charge in [0.05, 0.1) is 17.2 Å². The summed E-state index contributed by atoms with van der Waals surface area (Å²) in [5, 5.41) is 0.510. The van der Waals surface area contributed by atoms with E-state index in [9.17, 15) is 13.2 Å². The van der Waals surface area contributed by atoms with Crippen LogP contribution in [0.25, 0.3) is 11.0 Å². The summed E-state index contributed by atoms with van der Waals surface area (Å²) in [6, 6.07) is 4.17. The molecule has 0 aliphatic carbocycles. The Morgan fingerprint density at radius 3 is 2.71 bits per heavy atom. The lowest BCUT2D eigenvalue weighted by atomic mass is 10.2. The van der Waals surface area contributed by atoms with E-state index in [0.717, 1.165) is 17.1 Å². The largest absolute Gasteiger partial charge is 0.461 e. The van der Waals surface area contributed by atoms with Crippen molar-refractivity contribution in [3.63, 3.8) is 0 Å². The van der Waals surface area contributed by atoms with Crippen LogP contribution in [0.3, 0.4) is 0 Å². The number of nitrogens with two attached hydrogens (primary N) is 1. The molecule has 0 radical (unpaired) electrons. The van der Waals surface area contributed by atoms with E-state index >= 15 is 0 Å². The molecule has 5 nitrogen and oxygen atoms in total. The lowest BCUT2D eigenvalue weighted by Gasteiger charge is -2.12. The standard InChI is InChI=1S/C14H10ClF3N4OS/c1-6(8-4-7-2-3-23-11(7)12(15)20-8)24-13-21-9(14(16,17)18)5-10(19)22-13/h2-6H,1H3,(H2,19,21,22). The van der Waals surface area contributed by atoms with Crippen molar-refractivity contribution in [2.24, 2.45) is 0 Å². The fourth-order valence-electron chi connectivity index (χ4n) is 2.02. The van der Waals surface area contributed by atoms with E-state index in [2.05, 4.69) is 15.0 Å². The summed E-state index contributed by atoms with van der Waals surface area (Å²) < 4.78 is 43.6. The Kier molecular flexibility index (Phi) is 4.31. The number of rotatable bonds is 3. The van der Waals surface area contributed by atoms with Crippen molar-refractivity contribution in [2.45, 2.75) is 23.5 Å². The third kappa shape index (κ3) is 3.41. The number of furan rings is 1. The minimum Gasteiger partial charge on any atom is -0.461 e. The van der Waals surface area contributed by atoms with Crippen LogP contribution in [0, 0.1) is 0 Å². The second-order valence-electron chi connectivity index (χ2n) is 4.90. The second kappa shape index (κ2) is 6.14. The molecule has 0 saturated heterocycles. The monoisotopic (exact) mass is 374 g/mol. The van der Waals surface area contributed by atoms with Crippen LogP contribution in [-0.2, 0) is 6.18 Å². The molecule has 0 spiro atoms. The molecule has 24 heavy (non-hydrogen) atoms. The maximum absolute atomic E-state index is 12.8. The molecule has 1 atom stereocenters. The van der Waals surface area contributed by atoms with Gasteiger partial charge in [-0.25, -0.2) is 15.0 Å². The van der Waals surface area contributed by atoms with E-state index in [4.69, 9.17) is 21.8 Å². The topological polar surface area (TPSA) is 77.8 Å². The molecule has 0 bridgehead atoms. The van der Waals surface area contributed by atoms with Gasteiger partial charge in [0.2, 0.25) is 0 Å². The summed E-state index contributed by atoms with van der Waals surface area (Å²) in [4.78, 5) is 11.6. The van der Waals surface area contributed by atoms with Crippen LogP contribution < -0.4 is 5.73 Å². The van der Waals surface area contributed by atoms with Gasteiger partial charge in [0, 0.05) is 11.5 Å². The van der Waals surface area contributed by atoms with Crippen molar-refractivity contribution in [3.8, 4) is 0 Å². The molecule has 0 amide bonds. The highest BCUT2D eigenvalue weighted by Crippen LogP contribution is 2.37. The summed E-state index contributed by atoms with van der Waals surface area (Å²) >= 11 is 7.05. The minimum absolute atomic E-state index is 0.0833. The number of alkyl halides is 3. The van der Waals surface area contributed by atoms with E-state index < -0.39 is 11.9 Å². The summed E-state index contributed by atoms with van der Waals surface area (Å²) in [5.41, 5.74) is 5.38. The van der Waals surface area contributed by atoms with E-state index in [1.807, 2.05) is 0 Å². The number of hydrogen-bond donors (Lipinski definition) is 1. The third-order valence-corrected chi connectivity index (χ3v) is 4.37. The second-order valence-corrected chi connectivity index (χ2v) is 6.56. The summed E-state index contributed by atoms with van der Waals surface area (Å²) in [6.07, 6.45) is -3.11. The number of nitrogen functional groups attached to an aromatic ring is 1. The van der Waals surface area contributed by atoms with Crippen molar-refractivity contribution < 1.29 is 17.6 Å². The first-order valence-electron chi connectivity index (χ1n) is 6.66. The molecule has 1 unspecified atom stereocenters. The first-order valence-corrected chi connectivity index (χ1v) is 7.92. The predicted octanol–water partition coefficient (Wildman–Crippen LogP) is 4.73. The average Bonchev–Trinajstić information content (AvgIpc) is 2.94. The zero-order valence-corrected chi connectivity index (χ0v) is 13.7. The van der Waals surface area contributed by atoms with Crippen molar-refractivity contribution >= 4 is 40.1 Å². The first-order chi connectivity index (χ1) is 11.2. The number of aromatic nitrogens is 3. The first kappa shape index (κ1) is 16.8. The molecule has 3 aromatic heterocycles. The number of anilines is 1. The maximum Gasteiger partial charge on any atom is 0.433 e. The fourth-order valence-corrected chi connectivity index (χ4v) is 3.14. The summed E-state index contributed by atoms with van der Waals surface area (Å²) in [5.74, 6) is -0.247. The SMILES string of the molecule is CC(Sc1nc(N)cc(C(F)(F)F)n1)c1cc2ccoc2c(Cl)n1. The third-order valence-electron chi connectivity index (χ3n) is 3.13. The molecule has 126 valence electrons. The molecule has 3 heterocycles. The molecule has 3 rings (SSSR count). The van der Waals surface area contributed by atoms with E-state index in [1.54, 1.807) is 19.1 Å². The molecular weight excluding hydrogens is 365 g/mol. The van der Waals surface area contributed by atoms with Crippen molar-refractivity contribution in [3.05, 3.63) is 41.0 Å². The molecule has 0 aliphatic heterocycles. The molecule has 3 aromatic rings. The van der Waals surface area contributed by atoms with Crippen molar-refractivity contribution in [1.29, 1.82) is 0 Å². The van der Waals surface area contributed by atoms with Crippen LogP contribution >= 0.6 is 23.4 Å². The van der Waals surface area contributed by atoms with Crippen LogP contribution in [0.2, 0.25) is 5.15 Å².